The summed E-state index contributed by atoms with van der Waals surface area (Å²) in [6.07, 6.45) is 12.8. The molecule has 0 aromatic heterocycles. The zero-order valence-corrected chi connectivity index (χ0v) is 15.0. The first kappa shape index (κ1) is 21.2. The molecule has 0 spiro atoms. The third kappa shape index (κ3) is 12.9. The highest BCUT2D eigenvalue weighted by Crippen LogP contribution is 2.15. The van der Waals surface area contributed by atoms with Crippen LogP contribution in [0.3, 0.4) is 0 Å². The van der Waals surface area contributed by atoms with Gasteiger partial charge in [-0.05, 0) is 19.8 Å². The molecule has 0 saturated heterocycles. The molecule has 0 aliphatic rings. The van der Waals surface area contributed by atoms with E-state index in [4.69, 9.17) is 9.47 Å². The van der Waals surface area contributed by atoms with Gasteiger partial charge in [-0.25, -0.2) is 4.79 Å². The van der Waals surface area contributed by atoms with Crippen LogP contribution in [-0.2, 0) is 14.3 Å². The molecule has 0 fully saturated rings. The van der Waals surface area contributed by atoms with E-state index < -0.39 is 0 Å². The molecule has 1 unspecified atom stereocenters. The van der Waals surface area contributed by atoms with Crippen molar-refractivity contribution >= 4 is 5.97 Å². The van der Waals surface area contributed by atoms with E-state index >= 15 is 0 Å². The van der Waals surface area contributed by atoms with Gasteiger partial charge in [0.1, 0.15) is 6.61 Å². The molecule has 0 radical (unpaired) electrons. The van der Waals surface area contributed by atoms with E-state index in [1.807, 2.05) is 0 Å². The summed E-state index contributed by atoms with van der Waals surface area (Å²) in [5, 5.41) is 0. The van der Waals surface area contributed by atoms with Crippen molar-refractivity contribution < 1.29 is 14.3 Å². The lowest BCUT2D eigenvalue weighted by atomic mass is 10.0. The quantitative estimate of drug-likeness (QED) is 0.230. The summed E-state index contributed by atoms with van der Waals surface area (Å²) in [4.78, 5) is 11.3. The molecule has 0 aromatic rings. The average Bonchev–Trinajstić information content (AvgIpc) is 2.50. The van der Waals surface area contributed by atoms with Crippen LogP contribution in [0.15, 0.2) is 12.2 Å². The maximum Gasteiger partial charge on any atom is 0.333 e. The normalized spacial score (nSPS) is 12.1. The second-order valence-corrected chi connectivity index (χ2v) is 6.11. The minimum atomic E-state index is -0.328. The SMILES string of the molecule is C=C(C)C(=O)OCCOC(CCCCC)CCCCCCC. The molecular weight excluding hydrogens is 276 g/mol. The van der Waals surface area contributed by atoms with Gasteiger partial charge in [0.15, 0.2) is 0 Å². The Morgan fingerprint density at radius 2 is 1.45 bits per heavy atom. The van der Waals surface area contributed by atoms with E-state index in [9.17, 15) is 4.79 Å². The van der Waals surface area contributed by atoms with Gasteiger partial charge in [0.25, 0.3) is 0 Å². The topological polar surface area (TPSA) is 35.5 Å². The van der Waals surface area contributed by atoms with Gasteiger partial charge in [0, 0.05) is 5.57 Å². The number of unbranched alkanes of at least 4 members (excludes halogenated alkanes) is 6. The highest BCUT2D eigenvalue weighted by Gasteiger charge is 2.10. The predicted molar refractivity (Wildman–Crippen MR) is 93.0 cm³/mol. The zero-order valence-electron chi connectivity index (χ0n) is 15.0. The summed E-state index contributed by atoms with van der Waals surface area (Å²) in [5.41, 5.74) is 0.440. The summed E-state index contributed by atoms with van der Waals surface area (Å²) in [7, 11) is 0. The van der Waals surface area contributed by atoms with Crippen LogP contribution in [0.2, 0.25) is 0 Å². The van der Waals surface area contributed by atoms with Gasteiger partial charge in [0.2, 0.25) is 0 Å². The number of hydrogen-bond donors (Lipinski definition) is 0. The Morgan fingerprint density at radius 3 is 2.05 bits per heavy atom. The highest BCUT2D eigenvalue weighted by atomic mass is 16.6. The Hall–Kier alpha value is -0.830. The van der Waals surface area contributed by atoms with Gasteiger partial charge in [0.05, 0.1) is 12.7 Å². The number of carbonyl (C=O) groups excluding carboxylic acids is 1. The van der Waals surface area contributed by atoms with E-state index in [1.54, 1.807) is 6.92 Å². The van der Waals surface area contributed by atoms with Gasteiger partial charge in [-0.15, -0.1) is 0 Å². The first-order valence-corrected chi connectivity index (χ1v) is 9.06. The minimum Gasteiger partial charge on any atom is -0.460 e. The van der Waals surface area contributed by atoms with Crippen LogP contribution in [0, 0.1) is 0 Å². The highest BCUT2D eigenvalue weighted by molar-refractivity contribution is 5.86. The lowest BCUT2D eigenvalue weighted by molar-refractivity contribution is -0.141. The van der Waals surface area contributed by atoms with Gasteiger partial charge in [-0.1, -0.05) is 71.8 Å². The smallest absolute Gasteiger partial charge is 0.333 e. The average molecular weight is 312 g/mol. The Morgan fingerprint density at radius 1 is 0.909 bits per heavy atom. The molecule has 130 valence electrons. The van der Waals surface area contributed by atoms with Crippen LogP contribution < -0.4 is 0 Å². The van der Waals surface area contributed by atoms with Crippen LogP contribution in [-0.4, -0.2) is 25.3 Å². The first-order valence-electron chi connectivity index (χ1n) is 9.06. The molecule has 0 N–H and O–H groups in total. The molecule has 0 aliphatic heterocycles. The zero-order chi connectivity index (χ0) is 16.6. The lowest BCUT2D eigenvalue weighted by Crippen LogP contribution is -2.18. The van der Waals surface area contributed by atoms with Crippen molar-refractivity contribution in [1.82, 2.24) is 0 Å². The third-order valence-corrected chi connectivity index (χ3v) is 3.78. The third-order valence-electron chi connectivity index (χ3n) is 3.78. The summed E-state index contributed by atoms with van der Waals surface area (Å²) in [6, 6.07) is 0. The molecule has 0 aliphatic carbocycles. The summed E-state index contributed by atoms with van der Waals surface area (Å²) in [6.45, 7) is 10.5. The summed E-state index contributed by atoms with van der Waals surface area (Å²) in [5.74, 6) is -0.328. The van der Waals surface area contributed by atoms with Gasteiger partial charge in [-0.3, -0.25) is 0 Å². The van der Waals surface area contributed by atoms with E-state index in [0.717, 1.165) is 12.8 Å². The van der Waals surface area contributed by atoms with Crippen molar-refractivity contribution in [3.05, 3.63) is 12.2 Å². The van der Waals surface area contributed by atoms with Crippen molar-refractivity contribution in [2.45, 2.75) is 91.1 Å². The number of ether oxygens (including phenoxy) is 2. The van der Waals surface area contributed by atoms with Crippen molar-refractivity contribution in [3.8, 4) is 0 Å². The number of esters is 1. The minimum absolute atomic E-state index is 0.316. The first-order chi connectivity index (χ1) is 10.6. The number of carbonyl (C=O) groups is 1. The maximum absolute atomic E-state index is 11.3. The van der Waals surface area contributed by atoms with E-state index in [0.29, 0.717) is 24.9 Å². The Balaban J connectivity index is 3.85. The second kappa shape index (κ2) is 15.1. The molecule has 0 heterocycles. The molecule has 1 atom stereocenters. The van der Waals surface area contributed by atoms with Crippen LogP contribution in [0.25, 0.3) is 0 Å². The molecule has 0 amide bonds. The fraction of sp³-hybridized carbons (Fsp3) is 0.842. The van der Waals surface area contributed by atoms with E-state index in [2.05, 4.69) is 20.4 Å². The molecule has 0 saturated carbocycles. The van der Waals surface area contributed by atoms with Crippen LogP contribution in [0.5, 0.6) is 0 Å². The fourth-order valence-electron chi connectivity index (χ4n) is 2.38. The molecule has 0 rings (SSSR count). The second-order valence-electron chi connectivity index (χ2n) is 6.11. The van der Waals surface area contributed by atoms with Crippen LogP contribution in [0.1, 0.15) is 85.0 Å². The Kier molecular flexibility index (Phi) is 14.5. The van der Waals surface area contributed by atoms with Gasteiger partial charge in [-0.2, -0.15) is 0 Å². The molecule has 0 aromatic carbocycles. The number of hydrogen-bond acceptors (Lipinski definition) is 3. The van der Waals surface area contributed by atoms with Crippen LogP contribution in [0.4, 0.5) is 0 Å². The predicted octanol–water partition coefficient (Wildman–Crippen LogP) is 5.43. The van der Waals surface area contributed by atoms with Crippen molar-refractivity contribution in [2.75, 3.05) is 13.2 Å². The van der Waals surface area contributed by atoms with Crippen molar-refractivity contribution in [3.63, 3.8) is 0 Å². The Labute approximate surface area is 137 Å². The van der Waals surface area contributed by atoms with E-state index in [1.165, 1.54) is 51.4 Å². The fourth-order valence-corrected chi connectivity index (χ4v) is 2.38. The summed E-state index contributed by atoms with van der Waals surface area (Å²) < 4.78 is 11.0. The van der Waals surface area contributed by atoms with Crippen LogP contribution >= 0.6 is 0 Å². The molecule has 0 bridgehead atoms. The molecule has 22 heavy (non-hydrogen) atoms. The largest absolute Gasteiger partial charge is 0.460 e. The number of rotatable bonds is 15. The van der Waals surface area contributed by atoms with Gasteiger partial charge < -0.3 is 9.47 Å². The van der Waals surface area contributed by atoms with Gasteiger partial charge >= 0.3 is 5.97 Å². The van der Waals surface area contributed by atoms with Crippen molar-refractivity contribution in [1.29, 1.82) is 0 Å². The van der Waals surface area contributed by atoms with Crippen molar-refractivity contribution in [2.24, 2.45) is 0 Å². The van der Waals surface area contributed by atoms with E-state index in [-0.39, 0.29) is 5.97 Å². The standard InChI is InChI=1S/C19H36O3/c1-5-7-9-10-12-14-18(13-11-8-6-2)21-15-16-22-19(20)17(3)4/h18H,3,5-16H2,1-2,4H3. The molecule has 3 nitrogen and oxygen atoms in total. The maximum atomic E-state index is 11.3. The summed E-state index contributed by atoms with van der Waals surface area (Å²) >= 11 is 0. The lowest BCUT2D eigenvalue weighted by Gasteiger charge is -2.18. The molecule has 3 heteroatoms. The molecular formula is C19H36O3. The monoisotopic (exact) mass is 312 g/mol. The Bertz CT molecular complexity index is 286.